The molecular formula is C26H29N3O2. The lowest BCUT2D eigenvalue weighted by atomic mass is 9.98. The van der Waals surface area contributed by atoms with E-state index in [0.717, 1.165) is 30.1 Å². The summed E-state index contributed by atoms with van der Waals surface area (Å²) in [5, 5.41) is 0. The van der Waals surface area contributed by atoms with Gasteiger partial charge in [0.2, 0.25) is 0 Å². The SMILES string of the molecule is CN(CC=CC#CC(C)(C)C)Cc1cccc(OCc2ccnc(-c3cnco3)c2)c1. The fourth-order valence-electron chi connectivity index (χ4n) is 2.87. The predicted octanol–water partition coefficient (Wildman–Crippen LogP) is 5.35. The number of hydrogen-bond donors (Lipinski definition) is 0. The number of allylic oxidation sites excluding steroid dienone is 1. The molecule has 0 aliphatic heterocycles. The Hall–Kier alpha value is -3.36. The predicted molar refractivity (Wildman–Crippen MR) is 123 cm³/mol. The Labute approximate surface area is 184 Å². The molecule has 0 bridgehead atoms. The summed E-state index contributed by atoms with van der Waals surface area (Å²) in [6.45, 7) is 8.46. The monoisotopic (exact) mass is 415 g/mol. The van der Waals surface area contributed by atoms with Gasteiger partial charge in [0.15, 0.2) is 12.2 Å². The van der Waals surface area contributed by atoms with E-state index in [1.165, 1.54) is 12.0 Å². The van der Waals surface area contributed by atoms with Gasteiger partial charge < -0.3 is 9.15 Å². The molecule has 2 aromatic heterocycles. The van der Waals surface area contributed by atoms with E-state index in [0.29, 0.717) is 12.4 Å². The molecule has 0 aliphatic carbocycles. The van der Waals surface area contributed by atoms with Gasteiger partial charge in [-0.05, 0) is 69.3 Å². The molecule has 2 heterocycles. The first-order chi connectivity index (χ1) is 14.9. The van der Waals surface area contributed by atoms with Crippen molar-refractivity contribution >= 4 is 0 Å². The van der Waals surface area contributed by atoms with Crippen molar-refractivity contribution in [2.24, 2.45) is 5.41 Å². The molecule has 0 saturated carbocycles. The second kappa shape index (κ2) is 10.6. The largest absolute Gasteiger partial charge is 0.489 e. The molecule has 0 N–H and O–H groups in total. The van der Waals surface area contributed by atoms with Gasteiger partial charge >= 0.3 is 0 Å². The average molecular weight is 416 g/mol. The maximum absolute atomic E-state index is 6.01. The van der Waals surface area contributed by atoms with Crippen LogP contribution < -0.4 is 4.74 Å². The van der Waals surface area contributed by atoms with Gasteiger partial charge in [0.1, 0.15) is 18.1 Å². The second-order valence-electron chi connectivity index (χ2n) is 8.47. The van der Waals surface area contributed by atoms with E-state index in [4.69, 9.17) is 9.15 Å². The highest BCUT2D eigenvalue weighted by Crippen LogP contribution is 2.19. The van der Waals surface area contributed by atoms with Gasteiger partial charge in [-0.2, -0.15) is 0 Å². The van der Waals surface area contributed by atoms with E-state index in [2.05, 4.69) is 72.7 Å². The Morgan fingerprint density at radius 3 is 2.81 bits per heavy atom. The minimum absolute atomic E-state index is 0.0322. The van der Waals surface area contributed by atoms with Crippen LogP contribution in [0.1, 0.15) is 31.9 Å². The normalized spacial score (nSPS) is 11.5. The number of ether oxygens (including phenoxy) is 1. The fraction of sp³-hybridized carbons (Fsp3) is 0.308. The van der Waals surface area contributed by atoms with Crippen LogP contribution in [0, 0.1) is 17.3 Å². The number of rotatable bonds is 8. The van der Waals surface area contributed by atoms with E-state index in [1.54, 1.807) is 12.4 Å². The van der Waals surface area contributed by atoms with Crippen LogP contribution in [0.25, 0.3) is 11.5 Å². The zero-order valence-electron chi connectivity index (χ0n) is 18.6. The molecule has 160 valence electrons. The highest BCUT2D eigenvalue weighted by Gasteiger charge is 2.06. The molecule has 0 spiro atoms. The molecular weight excluding hydrogens is 386 g/mol. The standard InChI is InChI=1S/C26H29N3O2/c1-26(2,3)12-6-5-7-14-29(4)18-21-9-8-10-23(15-21)30-19-22-11-13-28-24(16-22)25-17-27-20-31-25/h5,7-11,13,15-17,20H,14,18-19H2,1-4H3. The van der Waals surface area contributed by atoms with Gasteiger partial charge in [0, 0.05) is 24.7 Å². The van der Waals surface area contributed by atoms with Crippen LogP contribution in [0.5, 0.6) is 5.75 Å². The molecule has 0 fully saturated rings. The van der Waals surface area contributed by atoms with Gasteiger partial charge in [0.25, 0.3) is 0 Å². The lowest BCUT2D eigenvalue weighted by molar-refractivity contribution is 0.304. The number of pyridine rings is 1. The second-order valence-corrected chi connectivity index (χ2v) is 8.47. The number of nitrogens with zero attached hydrogens (tertiary/aromatic N) is 3. The van der Waals surface area contributed by atoms with Crippen molar-refractivity contribution in [1.82, 2.24) is 14.9 Å². The molecule has 3 aromatic rings. The van der Waals surface area contributed by atoms with Crippen molar-refractivity contribution in [2.45, 2.75) is 33.9 Å². The summed E-state index contributed by atoms with van der Waals surface area (Å²) in [5.41, 5.74) is 3.00. The number of aromatic nitrogens is 2. The van der Waals surface area contributed by atoms with E-state index in [9.17, 15) is 0 Å². The third kappa shape index (κ3) is 7.76. The van der Waals surface area contributed by atoms with Gasteiger partial charge in [-0.15, -0.1) is 0 Å². The van der Waals surface area contributed by atoms with Gasteiger partial charge in [0.05, 0.1) is 6.20 Å². The van der Waals surface area contributed by atoms with Gasteiger partial charge in [-0.1, -0.05) is 30.0 Å². The molecule has 0 amide bonds. The van der Waals surface area contributed by atoms with Crippen molar-refractivity contribution in [3.63, 3.8) is 0 Å². The maximum Gasteiger partial charge on any atom is 0.181 e. The van der Waals surface area contributed by atoms with Crippen LogP contribution in [0.4, 0.5) is 0 Å². The smallest absolute Gasteiger partial charge is 0.181 e. The molecule has 0 unspecified atom stereocenters. The summed E-state index contributed by atoms with van der Waals surface area (Å²) in [4.78, 5) is 10.5. The number of oxazole rings is 1. The highest BCUT2D eigenvalue weighted by atomic mass is 16.5. The minimum atomic E-state index is 0.0322. The minimum Gasteiger partial charge on any atom is -0.489 e. The van der Waals surface area contributed by atoms with E-state index in [-0.39, 0.29) is 5.41 Å². The van der Waals surface area contributed by atoms with Gasteiger partial charge in [-0.25, -0.2) is 4.98 Å². The highest BCUT2D eigenvalue weighted by molar-refractivity contribution is 5.51. The Bertz CT molecular complexity index is 1050. The van der Waals surface area contributed by atoms with Crippen LogP contribution in [-0.4, -0.2) is 28.5 Å². The molecule has 3 rings (SSSR count). The topological polar surface area (TPSA) is 51.4 Å². The van der Waals surface area contributed by atoms with Crippen molar-refractivity contribution in [1.29, 1.82) is 0 Å². The van der Waals surface area contributed by atoms with Crippen molar-refractivity contribution in [3.8, 4) is 29.0 Å². The Kier molecular flexibility index (Phi) is 7.64. The lowest BCUT2D eigenvalue weighted by Crippen LogP contribution is -2.17. The third-order valence-electron chi connectivity index (χ3n) is 4.33. The summed E-state index contributed by atoms with van der Waals surface area (Å²) in [6.07, 6.45) is 8.83. The Morgan fingerprint density at radius 2 is 2.03 bits per heavy atom. The molecule has 31 heavy (non-hydrogen) atoms. The van der Waals surface area contributed by atoms with Crippen LogP contribution in [0.2, 0.25) is 0 Å². The maximum atomic E-state index is 6.01. The molecule has 5 heteroatoms. The van der Waals surface area contributed by atoms with Crippen molar-refractivity contribution in [3.05, 3.63) is 78.5 Å². The first-order valence-electron chi connectivity index (χ1n) is 10.3. The molecule has 0 atom stereocenters. The molecule has 0 radical (unpaired) electrons. The lowest BCUT2D eigenvalue weighted by Gasteiger charge is -2.15. The Balaban J connectivity index is 1.53. The Morgan fingerprint density at radius 1 is 1.16 bits per heavy atom. The summed E-state index contributed by atoms with van der Waals surface area (Å²) in [5.74, 6) is 7.80. The van der Waals surface area contributed by atoms with E-state index < -0.39 is 0 Å². The zero-order chi connectivity index (χ0) is 22.1. The van der Waals surface area contributed by atoms with Crippen molar-refractivity contribution in [2.75, 3.05) is 13.6 Å². The fourth-order valence-corrected chi connectivity index (χ4v) is 2.87. The van der Waals surface area contributed by atoms with Crippen LogP contribution >= 0.6 is 0 Å². The van der Waals surface area contributed by atoms with Crippen LogP contribution in [-0.2, 0) is 13.2 Å². The first-order valence-corrected chi connectivity index (χ1v) is 10.3. The number of benzene rings is 1. The van der Waals surface area contributed by atoms with Crippen molar-refractivity contribution < 1.29 is 9.15 Å². The molecule has 5 nitrogen and oxygen atoms in total. The molecule has 1 aromatic carbocycles. The van der Waals surface area contributed by atoms with Crippen LogP contribution in [0.3, 0.4) is 0 Å². The van der Waals surface area contributed by atoms with Crippen LogP contribution in [0.15, 0.2) is 71.8 Å². The third-order valence-corrected chi connectivity index (χ3v) is 4.33. The average Bonchev–Trinajstić information content (AvgIpc) is 3.27. The zero-order valence-corrected chi connectivity index (χ0v) is 18.6. The molecule has 0 aliphatic rings. The summed E-state index contributed by atoms with van der Waals surface area (Å²) in [6, 6.07) is 12.1. The first kappa shape index (κ1) is 22.3. The summed E-state index contributed by atoms with van der Waals surface area (Å²) in [7, 11) is 2.09. The number of hydrogen-bond acceptors (Lipinski definition) is 5. The van der Waals surface area contributed by atoms with E-state index in [1.807, 2.05) is 30.3 Å². The number of likely N-dealkylation sites (N-methyl/N-ethyl adjacent to an activating group) is 1. The van der Waals surface area contributed by atoms with Gasteiger partial charge in [-0.3, -0.25) is 9.88 Å². The molecule has 0 saturated heterocycles. The van der Waals surface area contributed by atoms with E-state index >= 15 is 0 Å². The summed E-state index contributed by atoms with van der Waals surface area (Å²) < 4.78 is 11.3. The summed E-state index contributed by atoms with van der Waals surface area (Å²) >= 11 is 0. The quantitative estimate of drug-likeness (QED) is 0.464.